The van der Waals surface area contributed by atoms with Gasteiger partial charge in [0.25, 0.3) is 0 Å². The van der Waals surface area contributed by atoms with E-state index in [9.17, 15) is 9.90 Å². The van der Waals surface area contributed by atoms with Crippen LogP contribution in [0.15, 0.2) is 36.4 Å². The van der Waals surface area contributed by atoms with Crippen LogP contribution in [-0.2, 0) is 29.2 Å². The maximum atomic E-state index is 12.5. The van der Waals surface area contributed by atoms with Gasteiger partial charge < -0.3 is 14.7 Å². The van der Waals surface area contributed by atoms with Crippen LogP contribution < -0.4 is 0 Å². The molecule has 2 aromatic rings. The average molecular weight is 357 g/mol. The quantitative estimate of drug-likeness (QED) is 0.774. The summed E-state index contributed by atoms with van der Waals surface area (Å²) in [6.45, 7) is 4.96. The maximum Gasteiger partial charge on any atom is 0.223 e. The first-order valence-corrected chi connectivity index (χ1v) is 9.27. The van der Waals surface area contributed by atoms with E-state index < -0.39 is 6.10 Å². The number of aromatic nitrogens is 2. The highest BCUT2D eigenvalue weighted by molar-refractivity contribution is 5.76. The number of ether oxygens (including phenoxy) is 1. The summed E-state index contributed by atoms with van der Waals surface area (Å²) in [6.07, 6.45) is 1.51. The minimum atomic E-state index is -0.583. The molecule has 0 aliphatic carbocycles. The summed E-state index contributed by atoms with van der Waals surface area (Å²) in [5.41, 5.74) is 2.81. The first-order chi connectivity index (χ1) is 12.6. The fourth-order valence-corrected chi connectivity index (χ4v) is 3.15. The molecule has 6 nitrogen and oxygen atoms in total. The van der Waals surface area contributed by atoms with Crippen molar-refractivity contribution in [3.63, 3.8) is 0 Å². The van der Waals surface area contributed by atoms with Crippen LogP contribution in [0.3, 0.4) is 0 Å². The zero-order valence-corrected chi connectivity index (χ0v) is 15.3. The number of aliphatic hydroxyl groups excluding tert-OH is 1. The molecule has 0 bridgehead atoms. The summed E-state index contributed by atoms with van der Waals surface area (Å²) in [5.74, 6) is 0.154. The molecule has 1 amide bonds. The lowest BCUT2D eigenvalue weighted by Crippen LogP contribution is -2.30. The second-order valence-corrected chi connectivity index (χ2v) is 6.77. The molecule has 140 valence electrons. The van der Waals surface area contributed by atoms with Crippen molar-refractivity contribution in [2.24, 2.45) is 0 Å². The molecule has 0 fully saturated rings. The Labute approximate surface area is 154 Å². The van der Waals surface area contributed by atoms with Gasteiger partial charge in [0, 0.05) is 26.1 Å². The van der Waals surface area contributed by atoms with E-state index in [2.05, 4.69) is 5.10 Å². The topological polar surface area (TPSA) is 67.6 Å². The molecule has 2 heterocycles. The summed E-state index contributed by atoms with van der Waals surface area (Å²) in [4.78, 5) is 14.4. The summed E-state index contributed by atoms with van der Waals surface area (Å²) in [6, 6.07) is 11.9. The highest BCUT2D eigenvalue weighted by atomic mass is 16.5. The predicted octanol–water partition coefficient (Wildman–Crippen LogP) is 2.67. The largest absolute Gasteiger partial charge is 0.387 e. The number of carbonyl (C=O) groups is 1. The van der Waals surface area contributed by atoms with Crippen LogP contribution in [0.5, 0.6) is 0 Å². The number of amides is 1. The molecule has 0 saturated carbocycles. The van der Waals surface area contributed by atoms with Crippen LogP contribution >= 0.6 is 0 Å². The highest BCUT2D eigenvalue weighted by Gasteiger charge is 2.21. The number of nitrogens with zero attached hydrogens (tertiary/aromatic N) is 3. The fourth-order valence-electron chi connectivity index (χ4n) is 3.15. The summed E-state index contributed by atoms with van der Waals surface area (Å²) in [5, 5.41) is 14.1. The third-order valence-corrected chi connectivity index (χ3v) is 4.60. The second kappa shape index (κ2) is 8.96. The van der Waals surface area contributed by atoms with Crippen molar-refractivity contribution in [1.82, 2.24) is 14.7 Å². The zero-order chi connectivity index (χ0) is 18.4. The van der Waals surface area contributed by atoms with E-state index in [0.717, 1.165) is 37.2 Å². The maximum absolute atomic E-state index is 12.5. The molecule has 6 heteroatoms. The Bertz CT molecular complexity index is 712. The van der Waals surface area contributed by atoms with Gasteiger partial charge in [-0.1, -0.05) is 30.3 Å². The zero-order valence-electron chi connectivity index (χ0n) is 15.3. The Morgan fingerprint density at radius 3 is 2.88 bits per heavy atom. The smallest absolute Gasteiger partial charge is 0.223 e. The van der Waals surface area contributed by atoms with Gasteiger partial charge in [-0.05, 0) is 31.4 Å². The molecule has 1 aliphatic rings. The van der Waals surface area contributed by atoms with Crippen molar-refractivity contribution in [3.05, 3.63) is 53.3 Å². The van der Waals surface area contributed by atoms with Crippen molar-refractivity contribution >= 4 is 5.91 Å². The summed E-state index contributed by atoms with van der Waals surface area (Å²) < 4.78 is 7.57. The lowest BCUT2D eigenvalue weighted by Gasteiger charge is -2.20. The molecule has 1 aromatic heterocycles. The third-order valence-electron chi connectivity index (χ3n) is 4.60. The molecule has 0 unspecified atom stereocenters. The van der Waals surface area contributed by atoms with E-state index in [4.69, 9.17) is 4.74 Å². The molecular formula is C20H27N3O3. The van der Waals surface area contributed by atoms with Gasteiger partial charge in [0.15, 0.2) is 0 Å². The molecule has 3 rings (SSSR count). The Hall–Kier alpha value is -2.18. The van der Waals surface area contributed by atoms with Crippen molar-refractivity contribution in [1.29, 1.82) is 0 Å². The van der Waals surface area contributed by atoms with E-state index >= 15 is 0 Å². The Balaban J connectivity index is 1.44. The van der Waals surface area contributed by atoms with E-state index in [1.165, 1.54) is 0 Å². The first-order valence-electron chi connectivity index (χ1n) is 9.27. The van der Waals surface area contributed by atoms with Crippen molar-refractivity contribution < 1.29 is 14.6 Å². The van der Waals surface area contributed by atoms with E-state index in [1.54, 1.807) is 6.92 Å². The highest BCUT2D eigenvalue weighted by Crippen LogP contribution is 2.18. The molecular weight excluding hydrogens is 330 g/mol. The Morgan fingerprint density at radius 2 is 2.12 bits per heavy atom. The van der Waals surface area contributed by atoms with Gasteiger partial charge in [0.1, 0.15) is 0 Å². The number of aliphatic hydroxyl groups is 1. The fraction of sp³-hybridized carbons (Fsp3) is 0.500. The van der Waals surface area contributed by atoms with Gasteiger partial charge in [0.2, 0.25) is 5.91 Å². The number of hydrogen-bond acceptors (Lipinski definition) is 4. The first kappa shape index (κ1) is 18.6. The van der Waals surface area contributed by atoms with Gasteiger partial charge >= 0.3 is 0 Å². The molecule has 1 N–H and O–H groups in total. The van der Waals surface area contributed by atoms with Crippen LogP contribution in [0.4, 0.5) is 0 Å². The van der Waals surface area contributed by atoms with Gasteiger partial charge in [-0.15, -0.1) is 0 Å². The van der Waals surface area contributed by atoms with Gasteiger partial charge in [-0.3, -0.25) is 9.48 Å². The Kier molecular flexibility index (Phi) is 6.41. The second-order valence-electron chi connectivity index (χ2n) is 6.77. The van der Waals surface area contributed by atoms with Gasteiger partial charge in [-0.25, -0.2) is 0 Å². The number of carbonyl (C=O) groups excluding carboxylic acids is 1. The van der Waals surface area contributed by atoms with Crippen LogP contribution in [0.1, 0.15) is 49.2 Å². The van der Waals surface area contributed by atoms with Gasteiger partial charge in [0.05, 0.1) is 30.6 Å². The van der Waals surface area contributed by atoms with Crippen LogP contribution in [-0.4, -0.2) is 38.8 Å². The average Bonchev–Trinajstić information content (AvgIpc) is 2.94. The molecule has 1 aliphatic heterocycles. The number of hydrogen-bond donors (Lipinski definition) is 1. The summed E-state index contributed by atoms with van der Waals surface area (Å²) >= 11 is 0. The van der Waals surface area contributed by atoms with Crippen molar-refractivity contribution in [3.8, 4) is 0 Å². The normalized spacial score (nSPS) is 15.4. The molecule has 0 radical (unpaired) electrons. The van der Waals surface area contributed by atoms with Gasteiger partial charge in [-0.2, -0.15) is 5.10 Å². The Morgan fingerprint density at radius 1 is 1.31 bits per heavy atom. The molecule has 0 spiro atoms. The molecule has 1 atom stereocenters. The van der Waals surface area contributed by atoms with Crippen molar-refractivity contribution in [2.45, 2.75) is 52.0 Å². The van der Waals surface area contributed by atoms with Crippen LogP contribution in [0, 0.1) is 0 Å². The number of fused-ring (bicyclic) bond motifs is 1. The van der Waals surface area contributed by atoms with E-state index in [1.807, 2.05) is 46.0 Å². The lowest BCUT2D eigenvalue weighted by molar-refractivity contribution is -0.132. The number of rotatable bonds is 7. The predicted molar refractivity (Wildman–Crippen MR) is 98.2 cm³/mol. The van der Waals surface area contributed by atoms with E-state index in [-0.39, 0.29) is 5.91 Å². The van der Waals surface area contributed by atoms with E-state index in [0.29, 0.717) is 31.9 Å². The molecule has 26 heavy (non-hydrogen) atoms. The number of benzene rings is 1. The minimum absolute atomic E-state index is 0.154. The van der Waals surface area contributed by atoms with Crippen molar-refractivity contribution in [2.75, 3.05) is 13.2 Å². The molecule has 1 aromatic carbocycles. The van der Waals surface area contributed by atoms with Crippen LogP contribution in [0.25, 0.3) is 0 Å². The standard InChI is InChI=1S/C20H27N3O3/c1-16(24)19-13-18-14-22(10-6-11-23(18)21-19)20(25)9-5-12-26-15-17-7-3-2-4-8-17/h2-4,7-8,13,16,24H,5-6,9-12,14-15H2,1H3/t16-/m1/s1. The lowest BCUT2D eigenvalue weighted by atomic mass is 10.2. The summed E-state index contributed by atoms with van der Waals surface area (Å²) in [7, 11) is 0. The number of aryl methyl sites for hydroxylation is 1. The molecule has 0 saturated heterocycles. The minimum Gasteiger partial charge on any atom is -0.387 e. The van der Waals surface area contributed by atoms with Crippen LogP contribution in [0.2, 0.25) is 0 Å². The SMILES string of the molecule is C[C@@H](O)c1cc2n(n1)CCCN(C(=O)CCCOCc1ccccc1)C2. The third kappa shape index (κ3) is 4.93. The monoisotopic (exact) mass is 357 g/mol.